The van der Waals surface area contributed by atoms with Gasteiger partial charge in [-0.3, -0.25) is 4.79 Å². The number of piperidine rings is 1. The van der Waals surface area contributed by atoms with Crippen LogP contribution < -0.4 is 5.32 Å². The second-order valence-electron chi connectivity index (χ2n) is 7.77. The first-order valence-corrected chi connectivity index (χ1v) is 10.2. The zero-order valence-electron chi connectivity index (χ0n) is 16.1. The number of nitrogens with one attached hydrogen (secondary N) is 1. The summed E-state index contributed by atoms with van der Waals surface area (Å²) < 4.78 is 0. The van der Waals surface area contributed by atoms with Gasteiger partial charge in [0.25, 0.3) is 0 Å². The van der Waals surface area contributed by atoms with Crippen molar-refractivity contribution in [3.8, 4) is 11.1 Å². The summed E-state index contributed by atoms with van der Waals surface area (Å²) in [6.45, 7) is 3.15. The van der Waals surface area contributed by atoms with E-state index < -0.39 is 0 Å². The Hall–Kier alpha value is -2.82. The van der Waals surface area contributed by atoms with Crippen molar-refractivity contribution in [1.82, 2.24) is 9.80 Å². The van der Waals surface area contributed by atoms with Gasteiger partial charge in [-0.1, -0.05) is 42.5 Å². The smallest absolute Gasteiger partial charge is 0.321 e. The summed E-state index contributed by atoms with van der Waals surface area (Å²) in [5, 5.41) is 3.02. The van der Waals surface area contributed by atoms with E-state index in [1.807, 2.05) is 52.3 Å². The number of nitrogens with zero attached hydrogens (tertiary/aromatic N) is 2. The number of rotatable bonds is 4. The number of hydrogen-bond donors (Lipinski definition) is 1. The lowest BCUT2D eigenvalue weighted by molar-refractivity contribution is -0.128. The van der Waals surface area contributed by atoms with Crippen molar-refractivity contribution in [1.29, 1.82) is 0 Å². The Bertz CT molecular complexity index is 820. The number of likely N-dealkylation sites (tertiary alicyclic amines) is 2. The molecule has 0 bridgehead atoms. The Balaban J connectivity index is 1.33. The Morgan fingerprint density at radius 3 is 2.43 bits per heavy atom. The number of benzene rings is 2. The molecule has 5 heteroatoms. The average Bonchev–Trinajstić information content (AvgIpc) is 3.14. The molecule has 146 valence electrons. The fraction of sp³-hybridized carbons (Fsp3) is 0.391. The monoisotopic (exact) mass is 377 g/mol. The number of amides is 3. The first-order chi connectivity index (χ1) is 13.7. The molecule has 3 amide bonds. The van der Waals surface area contributed by atoms with Gasteiger partial charge in [-0.2, -0.15) is 0 Å². The standard InChI is InChI=1S/C23H27N3O2/c27-22-9-5-14-25(22)16-18-6-4-15-26(17-18)23(28)24-21-12-10-20(11-13-21)19-7-2-1-3-8-19/h1-3,7-8,10-13,18H,4-6,9,14-17H2,(H,24,28)/t18-/m0/s1. The molecule has 2 aromatic rings. The molecule has 2 aliphatic heterocycles. The van der Waals surface area contributed by atoms with E-state index in [1.54, 1.807) is 0 Å². The molecule has 2 aromatic carbocycles. The van der Waals surface area contributed by atoms with Gasteiger partial charge in [-0.25, -0.2) is 4.79 Å². The number of carbonyl (C=O) groups excluding carboxylic acids is 2. The van der Waals surface area contributed by atoms with E-state index in [4.69, 9.17) is 0 Å². The number of anilines is 1. The van der Waals surface area contributed by atoms with Gasteiger partial charge in [0, 0.05) is 38.3 Å². The first kappa shape index (κ1) is 18.5. The summed E-state index contributed by atoms with van der Waals surface area (Å²) in [6, 6.07) is 18.1. The van der Waals surface area contributed by atoms with Gasteiger partial charge in [0.15, 0.2) is 0 Å². The topological polar surface area (TPSA) is 52.7 Å². The molecule has 0 aromatic heterocycles. The van der Waals surface area contributed by atoms with Gasteiger partial charge in [-0.05, 0) is 48.4 Å². The van der Waals surface area contributed by atoms with Gasteiger partial charge in [0.1, 0.15) is 0 Å². The summed E-state index contributed by atoms with van der Waals surface area (Å²) in [5.74, 6) is 0.641. The molecule has 5 nitrogen and oxygen atoms in total. The molecule has 28 heavy (non-hydrogen) atoms. The minimum atomic E-state index is -0.0510. The van der Waals surface area contributed by atoms with Crippen LogP contribution in [0.5, 0.6) is 0 Å². The molecule has 0 radical (unpaired) electrons. The maximum Gasteiger partial charge on any atom is 0.321 e. The maximum absolute atomic E-state index is 12.7. The third-order valence-corrected chi connectivity index (χ3v) is 5.70. The van der Waals surface area contributed by atoms with E-state index in [2.05, 4.69) is 17.4 Å². The van der Waals surface area contributed by atoms with Crippen LogP contribution >= 0.6 is 0 Å². The summed E-state index contributed by atoms with van der Waals surface area (Å²) >= 11 is 0. The van der Waals surface area contributed by atoms with Gasteiger partial charge >= 0.3 is 6.03 Å². The van der Waals surface area contributed by atoms with E-state index in [1.165, 1.54) is 0 Å². The van der Waals surface area contributed by atoms with Crippen LogP contribution in [0.2, 0.25) is 0 Å². The minimum absolute atomic E-state index is 0.0510. The highest BCUT2D eigenvalue weighted by Crippen LogP contribution is 2.23. The lowest BCUT2D eigenvalue weighted by atomic mass is 9.97. The largest absolute Gasteiger partial charge is 0.342 e. The predicted molar refractivity (Wildman–Crippen MR) is 111 cm³/mol. The fourth-order valence-corrected chi connectivity index (χ4v) is 4.19. The molecular formula is C23H27N3O2. The molecule has 0 spiro atoms. The highest BCUT2D eigenvalue weighted by atomic mass is 16.2. The van der Waals surface area contributed by atoms with Crippen molar-refractivity contribution in [2.75, 3.05) is 31.5 Å². The van der Waals surface area contributed by atoms with Crippen LogP contribution in [0, 0.1) is 5.92 Å². The van der Waals surface area contributed by atoms with Crippen molar-refractivity contribution in [2.24, 2.45) is 5.92 Å². The van der Waals surface area contributed by atoms with Crippen molar-refractivity contribution < 1.29 is 9.59 Å². The average molecular weight is 377 g/mol. The summed E-state index contributed by atoms with van der Waals surface area (Å²) in [7, 11) is 0. The van der Waals surface area contributed by atoms with Crippen LogP contribution in [0.4, 0.5) is 10.5 Å². The summed E-state index contributed by atoms with van der Waals surface area (Å²) in [4.78, 5) is 28.4. The lowest BCUT2D eigenvalue weighted by Crippen LogP contribution is -2.45. The molecule has 4 rings (SSSR count). The molecule has 0 saturated carbocycles. The van der Waals surface area contributed by atoms with Gasteiger partial charge < -0.3 is 15.1 Å². The Morgan fingerprint density at radius 2 is 1.71 bits per heavy atom. The van der Waals surface area contributed by atoms with E-state index in [0.29, 0.717) is 12.3 Å². The first-order valence-electron chi connectivity index (χ1n) is 10.2. The van der Waals surface area contributed by atoms with E-state index in [0.717, 1.165) is 62.3 Å². The van der Waals surface area contributed by atoms with Crippen LogP contribution in [0.15, 0.2) is 54.6 Å². The number of urea groups is 1. The fourth-order valence-electron chi connectivity index (χ4n) is 4.19. The zero-order valence-corrected chi connectivity index (χ0v) is 16.1. The second-order valence-corrected chi connectivity index (χ2v) is 7.77. The zero-order chi connectivity index (χ0) is 19.3. The number of carbonyl (C=O) groups is 2. The van der Waals surface area contributed by atoms with Gasteiger partial charge in [0.05, 0.1) is 0 Å². The third-order valence-electron chi connectivity index (χ3n) is 5.70. The Morgan fingerprint density at radius 1 is 0.964 bits per heavy atom. The van der Waals surface area contributed by atoms with E-state index in [9.17, 15) is 9.59 Å². The molecule has 2 heterocycles. The molecular weight excluding hydrogens is 350 g/mol. The molecule has 0 unspecified atom stereocenters. The molecule has 0 aliphatic carbocycles. The quantitative estimate of drug-likeness (QED) is 0.867. The SMILES string of the molecule is O=C1CCCN1C[C@@H]1CCCN(C(=O)Nc2ccc(-c3ccccc3)cc2)C1. The van der Waals surface area contributed by atoms with E-state index >= 15 is 0 Å². The highest BCUT2D eigenvalue weighted by molar-refractivity contribution is 5.89. The second kappa shape index (κ2) is 8.46. The normalized spacial score (nSPS) is 19.7. The van der Waals surface area contributed by atoms with E-state index in [-0.39, 0.29) is 11.9 Å². The van der Waals surface area contributed by atoms with Gasteiger partial charge in [0.2, 0.25) is 5.91 Å². The summed E-state index contributed by atoms with van der Waals surface area (Å²) in [6.07, 6.45) is 3.72. The molecule has 2 aliphatic rings. The Kier molecular flexibility index (Phi) is 5.60. The summed E-state index contributed by atoms with van der Waals surface area (Å²) in [5.41, 5.74) is 3.10. The lowest BCUT2D eigenvalue weighted by Gasteiger charge is -2.34. The van der Waals surface area contributed by atoms with Crippen molar-refractivity contribution in [2.45, 2.75) is 25.7 Å². The maximum atomic E-state index is 12.7. The highest BCUT2D eigenvalue weighted by Gasteiger charge is 2.28. The third kappa shape index (κ3) is 4.35. The van der Waals surface area contributed by atoms with Crippen LogP contribution in [-0.4, -0.2) is 47.9 Å². The van der Waals surface area contributed by atoms with Crippen LogP contribution in [0.25, 0.3) is 11.1 Å². The molecule has 1 atom stereocenters. The molecule has 2 fully saturated rings. The minimum Gasteiger partial charge on any atom is -0.342 e. The van der Waals surface area contributed by atoms with Crippen LogP contribution in [0.1, 0.15) is 25.7 Å². The van der Waals surface area contributed by atoms with Crippen LogP contribution in [-0.2, 0) is 4.79 Å². The van der Waals surface area contributed by atoms with Crippen LogP contribution in [0.3, 0.4) is 0 Å². The molecule has 2 saturated heterocycles. The van der Waals surface area contributed by atoms with Crippen molar-refractivity contribution >= 4 is 17.6 Å². The molecule has 1 N–H and O–H groups in total. The predicted octanol–water partition coefficient (Wildman–Crippen LogP) is 4.22. The number of hydrogen-bond acceptors (Lipinski definition) is 2. The van der Waals surface area contributed by atoms with Gasteiger partial charge in [-0.15, -0.1) is 0 Å². The Labute approximate surface area is 166 Å². The van der Waals surface area contributed by atoms with Crippen molar-refractivity contribution in [3.63, 3.8) is 0 Å². The van der Waals surface area contributed by atoms with Crippen molar-refractivity contribution in [3.05, 3.63) is 54.6 Å².